The normalized spacial score (nSPS) is 12.3. The van der Waals surface area contributed by atoms with Gasteiger partial charge in [-0.3, -0.25) is 5.10 Å². The highest BCUT2D eigenvalue weighted by Gasteiger charge is 2.27. The minimum Gasteiger partial charge on any atom is -0.281 e. The first-order valence-electron chi connectivity index (χ1n) is 5.02. The maximum Gasteiger partial charge on any atom is 0.246 e. The van der Waals surface area contributed by atoms with Crippen LogP contribution in [-0.4, -0.2) is 41.3 Å². The van der Waals surface area contributed by atoms with E-state index in [1.165, 1.54) is 4.31 Å². The molecule has 0 saturated carbocycles. The van der Waals surface area contributed by atoms with Crippen molar-refractivity contribution in [2.45, 2.75) is 25.7 Å². The van der Waals surface area contributed by atoms with Gasteiger partial charge in [-0.15, -0.1) is 0 Å². The van der Waals surface area contributed by atoms with E-state index < -0.39 is 10.0 Å². The van der Waals surface area contributed by atoms with Gasteiger partial charge in [0.05, 0.1) is 11.4 Å². The molecular weight excluding hydrogens is 294 g/mol. The summed E-state index contributed by atoms with van der Waals surface area (Å²) < 4.78 is 26.0. The molecule has 0 aliphatic rings. The predicted molar refractivity (Wildman–Crippen MR) is 66.3 cm³/mol. The minimum absolute atomic E-state index is 0.301. The molecule has 92 valence electrons. The molecule has 1 aromatic rings. The van der Waals surface area contributed by atoms with Gasteiger partial charge in [0.25, 0.3) is 0 Å². The minimum atomic E-state index is -3.42. The quantitative estimate of drug-likeness (QED) is 0.837. The Morgan fingerprint density at radius 3 is 2.44 bits per heavy atom. The summed E-state index contributed by atoms with van der Waals surface area (Å²) in [5.41, 5.74) is 1.11. The zero-order valence-electron chi connectivity index (χ0n) is 9.62. The van der Waals surface area contributed by atoms with E-state index in [-0.39, 0.29) is 0 Å². The summed E-state index contributed by atoms with van der Waals surface area (Å²) in [6, 6.07) is 0. The standard InChI is InChI=1S/C9H16BrN3O2S/c1-4-13(6-5-10)16(14,15)9-7(2)11-12-8(9)3/h4-6H2,1-3H3,(H,11,12). The van der Waals surface area contributed by atoms with Gasteiger partial charge in [0.15, 0.2) is 0 Å². The van der Waals surface area contributed by atoms with Crippen molar-refractivity contribution in [3.63, 3.8) is 0 Å². The van der Waals surface area contributed by atoms with Gasteiger partial charge in [-0.05, 0) is 13.8 Å². The average molecular weight is 310 g/mol. The first-order chi connectivity index (χ1) is 7.45. The Hall–Kier alpha value is -0.400. The Bertz CT molecular complexity index is 436. The van der Waals surface area contributed by atoms with Crippen LogP contribution in [-0.2, 0) is 10.0 Å². The number of nitrogens with one attached hydrogen (secondary N) is 1. The topological polar surface area (TPSA) is 66.1 Å². The van der Waals surface area contributed by atoms with Gasteiger partial charge in [-0.1, -0.05) is 22.9 Å². The van der Waals surface area contributed by atoms with Crippen molar-refractivity contribution in [1.29, 1.82) is 0 Å². The Labute approximate surface area is 104 Å². The van der Waals surface area contributed by atoms with Crippen LogP contribution < -0.4 is 0 Å². The van der Waals surface area contributed by atoms with Gasteiger partial charge < -0.3 is 0 Å². The molecule has 16 heavy (non-hydrogen) atoms. The second-order valence-electron chi connectivity index (χ2n) is 3.45. The van der Waals surface area contributed by atoms with Crippen LogP contribution in [0.2, 0.25) is 0 Å². The number of hydrogen-bond acceptors (Lipinski definition) is 3. The third-order valence-electron chi connectivity index (χ3n) is 2.35. The van der Waals surface area contributed by atoms with Crippen molar-refractivity contribution in [2.75, 3.05) is 18.4 Å². The molecule has 0 radical (unpaired) electrons. The molecule has 1 aromatic heterocycles. The molecule has 1 heterocycles. The van der Waals surface area contributed by atoms with Crippen molar-refractivity contribution < 1.29 is 8.42 Å². The van der Waals surface area contributed by atoms with Crippen molar-refractivity contribution in [2.24, 2.45) is 0 Å². The number of alkyl halides is 1. The summed E-state index contributed by atoms with van der Waals surface area (Å²) in [7, 11) is -3.42. The number of H-pyrrole nitrogens is 1. The fraction of sp³-hybridized carbons (Fsp3) is 0.667. The van der Waals surface area contributed by atoms with Crippen LogP contribution >= 0.6 is 15.9 Å². The van der Waals surface area contributed by atoms with Crippen LogP contribution in [0.4, 0.5) is 0 Å². The highest BCUT2D eigenvalue weighted by Crippen LogP contribution is 2.21. The molecule has 0 aliphatic carbocycles. The van der Waals surface area contributed by atoms with E-state index in [1.807, 2.05) is 6.92 Å². The van der Waals surface area contributed by atoms with Crippen molar-refractivity contribution in [3.05, 3.63) is 11.4 Å². The first-order valence-corrected chi connectivity index (χ1v) is 7.59. The summed E-state index contributed by atoms with van der Waals surface area (Å²) in [5.74, 6) is 0. The number of nitrogens with zero attached hydrogens (tertiary/aromatic N) is 2. The van der Waals surface area contributed by atoms with E-state index in [2.05, 4.69) is 26.1 Å². The molecule has 0 unspecified atom stereocenters. The first kappa shape index (κ1) is 13.7. The molecule has 0 amide bonds. The molecular formula is C9H16BrN3O2S. The number of hydrogen-bond donors (Lipinski definition) is 1. The zero-order valence-corrected chi connectivity index (χ0v) is 12.0. The van der Waals surface area contributed by atoms with Crippen molar-refractivity contribution >= 4 is 26.0 Å². The van der Waals surface area contributed by atoms with Gasteiger partial charge in [-0.2, -0.15) is 9.40 Å². The van der Waals surface area contributed by atoms with Crippen molar-refractivity contribution in [1.82, 2.24) is 14.5 Å². The van der Waals surface area contributed by atoms with Crippen LogP contribution in [0.3, 0.4) is 0 Å². The SMILES string of the molecule is CCN(CCBr)S(=O)(=O)c1c(C)n[nH]c1C. The largest absolute Gasteiger partial charge is 0.281 e. The van der Waals surface area contributed by atoms with Gasteiger partial charge in [-0.25, -0.2) is 8.42 Å². The lowest BCUT2D eigenvalue weighted by Gasteiger charge is -2.19. The Morgan fingerprint density at radius 1 is 1.44 bits per heavy atom. The molecule has 5 nitrogen and oxygen atoms in total. The molecule has 7 heteroatoms. The Kier molecular flexibility index (Phi) is 4.52. The number of aryl methyl sites for hydroxylation is 2. The number of rotatable bonds is 5. The summed E-state index contributed by atoms with van der Waals surface area (Å²) in [6.07, 6.45) is 0. The van der Waals surface area contributed by atoms with E-state index in [0.717, 1.165) is 0 Å². The lowest BCUT2D eigenvalue weighted by atomic mass is 10.4. The van der Waals surface area contributed by atoms with E-state index >= 15 is 0 Å². The molecule has 0 aromatic carbocycles. The molecule has 0 fully saturated rings. The summed E-state index contributed by atoms with van der Waals surface area (Å²) >= 11 is 3.25. The number of aromatic nitrogens is 2. The molecule has 0 bridgehead atoms. The van der Waals surface area contributed by atoms with E-state index in [9.17, 15) is 8.42 Å². The summed E-state index contributed by atoms with van der Waals surface area (Å²) in [5, 5.41) is 7.23. The number of halogens is 1. The predicted octanol–water partition coefficient (Wildman–Crippen LogP) is 1.43. The van der Waals surface area contributed by atoms with Crippen LogP contribution in [0.5, 0.6) is 0 Å². The fourth-order valence-electron chi connectivity index (χ4n) is 1.59. The monoisotopic (exact) mass is 309 g/mol. The van der Waals surface area contributed by atoms with E-state index in [4.69, 9.17) is 0 Å². The lowest BCUT2D eigenvalue weighted by Crippen LogP contribution is -2.33. The van der Waals surface area contributed by atoms with Crippen molar-refractivity contribution in [3.8, 4) is 0 Å². The summed E-state index contributed by atoms with van der Waals surface area (Å²) in [6.45, 7) is 6.15. The molecule has 0 spiro atoms. The van der Waals surface area contributed by atoms with Crippen LogP contribution in [0.1, 0.15) is 18.3 Å². The van der Waals surface area contributed by atoms with Crippen LogP contribution in [0.25, 0.3) is 0 Å². The van der Waals surface area contributed by atoms with Gasteiger partial charge in [0.1, 0.15) is 4.90 Å². The molecule has 1 rings (SSSR count). The smallest absolute Gasteiger partial charge is 0.246 e. The third kappa shape index (κ3) is 2.46. The fourth-order valence-corrected chi connectivity index (χ4v) is 4.04. The van der Waals surface area contributed by atoms with Gasteiger partial charge in [0, 0.05) is 18.4 Å². The van der Waals surface area contributed by atoms with E-state index in [1.54, 1.807) is 13.8 Å². The van der Waals surface area contributed by atoms with Gasteiger partial charge >= 0.3 is 0 Å². The molecule has 0 aliphatic heterocycles. The lowest BCUT2D eigenvalue weighted by molar-refractivity contribution is 0.447. The zero-order chi connectivity index (χ0) is 12.3. The summed E-state index contributed by atoms with van der Waals surface area (Å²) in [4.78, 5) is 0.301. The van der Waals surface area contributed by atoms with E-state index in [0.29, 0.717) is 34.7 Å². The maximum atomic E-state index is 12.3. The molecule has 0 saturated heterocycles. The molecule has 0 atom stereocenters. The highest BCUT2D eigenvalue weighted by atomic mass is 79.9. The second-order valence-corrected chi connectivity index (χ2v) is 6.12. The van der Waals surface area contributed by atoms with Crippen LogP contribution in [0.15, 0.2) is 4.90 Å². The Balaban J connectivity index is 3.20. The van der Waals surface area contributed by atoms with Crippen LogP contribution in [0, 0.1) is 13.8 Å². The average Bonchev–Trinajstić information content (AvgIpc) is 2.55. The third-order valence-corrected chi connectivity index (χ3v) is 4.94. The maximum absolute atomic E-state index is 12.3. The molecule has 1 N–H and O–H groups in total. The highest BCUT2D eigenvalue weighted by molar-refractivity contribution is 9.09. The Morgan fingerprint density at radius 2 is 2.06 bits per heavy atom. The van der Waals surface area contributed by atoms with Gasteiger partial charge in [0.2, 0.25) is 10.0 Å². The second kappa shape index (κ2) is 5.29. The number of sulfonamides is 1. The number of aromatic amines is 1.